The first-order valence-corrected chi connectivity index (χ1v) is 9.02. The molecule has 2 aromatic rings. The van der Waals surface area contributed by atoms with Crippen molar-refractivity contribution < 1.29 is 4.79 Å². The maximum absolute atomic E-state index is 12.4. The molecule has 1 aromatic carbocycles. The Bertz CT molecular complexity index is 690. The zero-order valence-corrected chi connectivity index (χ0v) is 14.0. The Balaban J connectivity index is 1.46. The fourth-order valence-electron chi connectivity index (χ4n) is 4.06. The molecule has 4 rings (SSSR count). The van der Waals surface area contributed by atoms with E-state index in [1.165, 1.54) is 37.7 Å². The standard InChI is InChI=1S/C19H24N4O/c24-19-11-16(15-7-3-1-4-8-15)12-22(19)13-18-20-14-21-23(18)17-9-5-2-6-10-17/h1,3-4,7-8,14,16-17H,2,5-6,9-13H2/t16-/m0/s1. The second-order valence-electron chi connectivity index (χ2n) is 7.00. The van der Waals surface area contributed by atoms with Crippen LogP contribution in [0.15, 0.2) is 36.7 Å². The van der Waals surface area contributed by atoms with E-state index in [0.717, 1.165) is 12.4 Å². The molecule has 126 valence electrons. The molecule has 0 radical (unpaired) electrons. The van der Waals surface area contributed by atoms with Crippen LogP contribution in [0.2, 0.25) is 0 Å². The minimum absolute atomic E-state index is 0.224. The molecule has 2 fully saturated rings. The summed E-state index contributed by atoms with van der Waals surface area (Å²) in [5.74, 6) is 1.45. The Labute approximate surface area is 142 Å². The molecule has 2 heterocycles. The van der Waals surface area contributed by atoms with Gasteiger partial charge in [-0.3, -0.25) is 4.79 Å². The smallest absolute Gasteiger partial charge is 0.223 e. The largest absolute Gasteiger partial charge is 0.335 e. The zero-order valence-electron chi connectivity index (χ0n) is 14.0. The molecule has 1 aromatic heterocycles. The summed E-state index contributed by atoms with van der Waals surface area (Å²) >= 11 is 0. The Morgan fingerprint density at radius 1 is 1.08 bits per heavy atom. The van der Waals surface area contributed by atoms with Crippen molar-refractivity contribution in [2.45, 2.75) is 57.0 Å². The third kappa shape index (κ3) is 3.07. The fourth-order valence-corrected chi connectivity index (χ4v) is 4.06. The zero-order chi connectivity index (χ0) is 16.4. The van der Waals surface area contributed by atoms with Gasteiger partial charge < -0.3 is 4.90 Å². The fraction of sp³-hybridized carbons (Fsp3) is 0.526. The van der Waals surface area contributed by atoms with Crippen LogP contribution in [0, 0.1) is 0 Å². The number of carbonyl (C=O) groups is 1. The molecule has 1 amide bonds. The predicted molar refractivity (Wildman–Crippen MR) is 91.4 cm³/mol. The van der Waals surface area contributed by atoms with E-state index in [1.54, 1.807) is 6.33 Å². The average molecular weight is 324 g/mol. The molecule has 5 nitrogen and oxygen atoms in total. The van der Waals surface area contributed by atoms with Crippen LogP contribution in [-0.2, 0) is 11.3 Å². The molecule has 1 aliphatic heterocycles. The van der Waals surface area contributed by atoms with Crippen LogP contribution in [0.5, 0.6) is 0 Å². The van der Waals surface area contributed by atoms with Crippen LogP contribution < -0.4 is 0 Å². The van der Waals surface area contributed by atoms with E-state index >= 15 is 0 Å². The van der Waals surface area contributed by atoms with Gasteiger partial charge in [-0.25, -0.2) is 9.67 Å². The number of aromatic nitrogens is 3. The van der Waals surface area contributed by atoms with E-state index < -0.39 is 0 Å². The lowest BCUT2D eigenvalue weighted by atomic mass is 9.95. The lowest BCUT2D eigenvalue weighted by molar-refractivity contribution is -0.128. The highest BCUT2D eigenvalue weighted by Crippen LogP contribution is 2.31. The van der Waals surface area contributed by atoms with Gasteiger partial charge in [0.2, 0.25) is 5.91 Å². The maximum atomic E-state index is 12.4. The summed E-state index contributed by atoms with van der Waals surface area (Å²) in [5, 5.41) is 4.45. The molecule has 1 saturated carbocycles. The van der Waals surface area contributed by atoms with E-state index in [2.05, 4.69) is 26.9 Å². The Morgan fingerprint density at radius 3 is 2.67 bits per heavy atom. The van der Waals surface area contributed by atoms with Crippen molar-refractivity contribution in [1.29, 1.82) is 0 Å². The molecule has 0 N–H and O–H groups in total. The lowest BCUT2D eigenvalue weighted by Gasteiger charge is -2.24. The summed E-state index contributed by atoms with van der Waals surface area (Å²) in [4.78, 5) is 18.8. The average Bonchev–Trinajstić information content (AvgIpc) is 3.24. The third-order valence-electron chi connectivity index (χ3n) is 5.39. The predicted octanol–water partition coefficient (Wildman–Crippen LogP) is 3.30. The van der Waals surface area contributed by atoms with Crippen molar-refractivity contribution in [1.82, 2.24) is 19.7 Å². The van der Waals surface area contributed by atoms with Gasteiger partial charge in [0.05, 0.1) is 12.6 Å². The monoisotopic (exact) mass is 324 g/mol. The first-order valence-electron chi connectivity index (χ1n) is 9.02. The molecule has 1 atom stereocenters. The van der Waals surface area contributed by atoms with Gasteiger partial charge in [0, 0.05) is 18.9 Å². The molecule has 0 spiro atoms. The number of nitrogens with zero attached hydrogens (tertiary/aromatic N) is 4. The Morgan fingerprint density at radius 2 is 1.88 bits per heavy atom. The molecular formula is C19H24N4O. The second-order valence-corrected chi connectivity index (χ2v) is 7.00. The summed E-state index contributed by atoms with van der Waals surface area (Å²) in [6.07, 6.45) is 8.45. The van der Waals surface area contributed by atoms with Crippen LogP contribution >= 0.6 is 0 Å². The van der Waals surface area contributed by atoms with Crippen LogP contribution in [0.1, 0.15) is 61.9 Å². The lowest BCUT2D eigenvalue weighted by Crippen LogP contribution is -2.28. The summed E-state index contributed by atoms with van der Waals surface area (Å²) in [7, 11) is 0. The van der Waals surface area contributed by atoms with E-state index in [9.17, 15) is 4.79 Å². The van der Waals surface area contributed by atoms with Gasteiger partial charge in [-0.15, -0.1) is 0 Å². The molecule has 5 heteroatoms. The van der Waals surface area contributed by atoms with Gasteiger partial charge in [-0.05, 0) is 18.4 Å². The van der Waals surface area contributed by atoms with Gasteiger partial charge in [0.15, 0.2) is 0 Å². The van der Waals surface area contributed by atoms with Crippen LogP contribution in [-0.4, -0.2) is 32.1 Å². The summed E-state index contributed by atoms with van der Waals surface area (Å²) in [6.45, 7) is 1.36. The number of hydrogen-bond acceptors (Lipinski definition) is 3. The van der Waals surface area contributed by atoms with Crippen molar-refractivity contribution in [3.8, 4) is 0 Å². The number of benzene rings is 1. The van der Waals surface area contributed by atoms with Gasteiger partial charge in [0.25, 0.3) is 0 Å². The minimum Gasteiger partial charge on any atom is -0.335 e. The third-order valence-corrected chi connectivity index (χ3v) is 5.39. The van der Waals surface area contributed by atoms with Gasteiger partial charge in [-0.1, -0.05) is 49.6 Å². The molecule has 0 unspecified atom stereocenters. The van der Waals surface area contributed by atoms with Crippen LogP contribution in [0.3, 0.4) is 0 Å². The minimum atomic E-state index is 0.224. The number of carbonyl (C=O) groups excluding carboxylic acids is 1. The highest BCUT2D eigenvalue weighted by Gasteiger charge is 2.32. The normalized spacial score (nSPS) is 22.2. The molecule has 1 saturated heterocycles. The maximum Gasteiger partial charge on any atom is 0.223 e. The van der Waals surface area contributed by atoms with E-state index in [0.29, 0.717) is 24.9 Å². The Hall–Kier alpha value is -2.17. The van der Waals surface area contributed by atoms with Gasteiger partial charge in [0.1, 0.15) is 12.2 Å². The highest BCUT2D eigenvalue weighted by molar-refractivity contribution is 5.79. The van der Waals surface area contributed by atoms with Crippen molar-refractivity contribution in [3.63, 3.8) is 0 Å². The van der Waals surface area contributed by atoms with Crippen molar-refractivity contribution in [3.05, 3.63) is 48.0 Å². The van der Waals surface area contributed by atoms with Crippen LogP contribution in [0.4, 0.5) is 0 Å². The topological polar surface area (TPSA) is 51.0 Å². The number of likely N-dealkylation sites (tertiary alicyclic amines) is 1. The molecule has 24 heavy (non-hydrogen) atoms. The van der Waals surface area contributed by atoms with Crippen molar-refractivity contribution in [2.24, 2.45) is 0 Å². The van der Waals surface area contributed by atoms with E-state index in [1.807, 2.05) is 23.1 Å². The number of hydrogen-bond donors (Lipinski definition) is 0. The van der Waals surface area contributed by atoms with Gasteiger partial charge >= 0.3 is 0 Å². The van der Waals surface area contributed by atoms with E-state index in [4.69, 9.17) is 0 Å². The highest BCUT2D eigenvalue weighted by atomic mass is 16.2. The van der Waals surface area contributed by atoms with Crippen LogP contribution in [0.25, 0.3) is 0 Å². The van der Waals surface area contributed by atoms with Crippen molar-refractivity contribution in [2.75, 3.05) is 6.54 Å². The van der Waals surface area contributed by atoms with Crippen molar-refractivity contribution >= 4 is 5.91 Å². The summed E-state index contributed by atoms with van der Waals surface area (Å²) in [6, 6.07) is 10.8. The molecule has 2 aliphatic rings. The Kier molecular flexibility index (Phi) is 4.32. The molecular weight excluding hydrogens is 300 g/mol. The first-order chi connectivity index (χ1) is 11.8. The summed E-state index contributed by atoms with van der Waals surface area (Å²) < 4.78 is 2.07. The second kappa shape index (κ2) is 6.75. The molecule has 1 aliphatic carbocycles. The number of amides is 1. The first kappa shape index (κ1) is 15.4. The van der Waals surface area contributed by atoms with E-state index in [-0.39, 0.29) is 5.91 Å². The summed E-state index contributed by atoms with van der Waals surface area (Å²) in [5.41, 5.74) is 1.25. The van der Waals surface area contributed by atoms with Gasteiger partial charge in [-0.2, -0.15) is 5.10 Å². The number of rotatable bonds is 4. The quantitative estimate of drug-likeness (QED) is 0.867. The SMILES string of the molecule is O=C1C[C@H](c2ccccc2)CN1Cc1ncnn1C1CCCCC1. The molecule has 0 bridgehead atoms.